The van der Waals surface area contributed by atoms with Crippen LogP contribution in [0.15, 0.2) is 0 Å². The van der Waals surface area contributed by atoms with Gasteiger partial charge in [0.15, 0.2) is 0 Å². The Bertz CT molecular complexity index is 159. The van der Waals surface area contributed by atoms with E-state index in [0.717, 1.165) is 6.66 Å². The summed E-state index contributed by atoms with van der Waals surface area (Å²) in [6.45, 7) is 2.05. The standard InChI is InChI=1S/C6H16NO3P.CH4/c1-7(2,3)5-6-10-11(4,8)9;/h5-6H2,1-4H3;1H4. The van der Waals surface area contributed by atoms with Gasteiger partial charge >= 0.3 is 0 Å². The number of hydrogen-bond donors (Lipinski definition) is 0. The highest BCUT2D eigenvalue weighted by Gasteiger charge is 2.07. The Morgan fingerprint density at radius 3 is 2.08 bits per heavy atom. The summed E-state index contributed by atoms with van der Waals surface area (Å²) in [7, 11) is 2.43. The zero-order valence-electron chi connectivity index (χ0n) is 7.53. The van der Waals surface area contributed by atoms with Crippen LogP contribution in [0.5, 0.6) is 0 Å². The molecule has 0 aromatic heterocycles. The fourth-order valence-electron chi connectivity index (χ4n) is 0.481. The van der Waals surface area contributed by atoms with E-state index in [4.69, 9.17) is 0 Å². The van der Waals surface area contributed by atoms with Crippen LogP contribution in [-0.2, 0) is 9.09 Å². The highest BCUT2D eigenvalue weighted by atomic mass is 31.2. The third-order valence-electron chi connectivity index (χ3n) is 1.09. The minimum absolute atomic E-state index is 0. The van der Waals surface area contributed by atoms with E-state index in [-0.39, 0.29) is 14.0 Å². The molecule has 4 nitrogen and oxygen atoms in total. The highest BCUT2D eigenvalue weighted by molar-refractivity contribution is 7.50. The lowest BCUT2D eigenvalue weighted by molar-refractivity contribution is -0.870. The molecule has 0 heterocycles. The monoisotopic (exact) mass is 197 g/mol. The van der Waals surface area contributed by atoms with Gasteiger partial charge in [0.1, 0.15) is 20.7 Å². The molecule has 0 fully saturated rings. The van der Waals surface area contributed by atoms with E-state index in [0.29, 0.717) is 11.0 Å². The van der Waals surface area contributed by atoms with Crippen LogP contribution in [0.4, 0.5) is 0 Å². The number of rotatable bonds is 4. The van der Waals surface area contributed by atoms with Gasteiger partial charge in [0.2, 0.25) is 0 Å². The third-order valence-corrected chi connectivity index (χ3v) is 1.74. The van der Waals surface area contributed by atoms with E-state index in [9.17, 15) is 9.46 Å². The molecule has 76 valence electrons. The molecule has 0 bridgehead atoms. The maximum Gasteiger partial charge on any atom is 0.132 e. The Morgan fingerprint density at radius 1 is 1.42 bits per heavy atom. The summed E-state index contributed by atoms with van der Waals surface area (Å²) in [4.78, 5) is 10.5. The second kappa shape index (κ2) is 4.97. The van der Waals surface area contributed by atoms with E-state index in [1.54, 1.807) is 0 Å². The van der Waals surface area contributed by atoms with Gasteiger partial charge in [-0.2, -0.15) is 0 Å². The molecular formula is C7H20NO3P. The van der Waals surface area contributed by atoms with Crippen molar-refractivity contribution in [1.82, 2.24) is 0 Å². The molecule has 0 aromatic rings. The van der Waals surface area contributed by atoms with Crippen molar-refractivity contribution in [1.29, 1.82) is 0 Å². The number of likely N-dealkylation sites (N-methyl/N-ethyl adjacent to an activating group) is 1. The fraction of sp³-hybridized carbons (Fsp3) is 1.00. The van der Waals surface area contributed by atoms with Crippen LogP contribution in [0.3, 0.4) is 0 Å². The van der Waals surface area contributed by atoms with Gasteiger partial charge in [-0.25, -0.2) is 0 Å². The molecule has 1 unspecified atom stereocenters. The molecule has 0 aliphatic heterocycles. The van der Waals surface area contributed by atoms with E-state index < -0.39 is 7.60 Å². The van der Waals surface area contributed by atoms with Crippen LogP contribution in [0.25, 0.3) is 0 Å². The Hall–Kier alpha value is 0.110. The normalized spacial score (nSPS) is 16.4. The Labute approximate surface area is 75.3 Å². The molecular weight excluding hydrogens is 177 g/mol. The van der Waals surface area contributed by atoms with Gasteiger partial charge in [0.05, 0.1) is 21.1 Å². The molecule has 0 rings (SSSR count). The summed E-state index contributed by atoms with van der Waals surface area (Å²) in [5.74, 6) is 0. The Morgan fingerprint density at radius 2 is 1.83 bits per heavy atom. The van der Waals surface area contributed by atoms with E-state index in [2.05, 4.69) is 4.52 Å². The summed E-state index contributed by atoms with van der Waals surface area (Å²) in [6.07, 6.45) is 0. The van der Waals surface area contributed by atoms with Gasteiger partial charge in [-0.3, -0.25) is 0 Å². The molecule has 0 N–H and O–H groups in total. The molecule has 0 aliphatic carbocycles. The minimum atomic E-state index is -3.51. The largest absolute Gasteiger partial charge is 0.779 e. The van der Waals surface area contributed by atoms with Crippen molar-refractivity contribution in [3.63, 3.8) is 0 Å². The lowest BCUT2D eigenvalue weighted by atomic mass is 10.5. The summed E-state index contributed by atoms with van der Waals surface area (Å²) < 4.78 is 15.8. The van der Waals surface area contributed by atoms with Gasteiger partial charge in [-0.15, -0.1) is 0 Å². The van der Waals surface area contributed by atoms with Crippen molar-refractivity contribution in [2.75, 3.05) is 41.0 Å². The average Bonchev–Trinajstić information content (AvgIpc) is 1.55. The molecule has 0 aliphatic rings. The second-order valence-electron chi connectivity index (χ2n) is 3.62. The summed E-state index contributed by atoms with van der Waals surface area (Å²) in [5.41, 5.74) is 0. The van der Waals surface area contributed by atoms with Crippen molar-refractivity contribution in [2.45, 2.75) is 7.43 Å². The molecule has 0 amide bonds. The van der Waals surface area contributed by atoms with Crippen molar-refractivity contribution in [2.24, 2.45) is 0 Å². The van der Waals surface area contributed by atoms with Gasteiger partial charge in [-0.05, 0) is 0 Å². The van der Waals surface area contributed by atoms with Gasteiger partial charge in [0, 0.05) is 6.66 Å². The second-order valence-corrected chi connectivity index (χ2v) is 5.42. The Kier molecular flexibility index (Phi) is 6.06. The van der Waals surface area contributed by atoms with Crippen LogP contribution >= 0.6 is 7.60 Å². The molecule has 5 heteroatoms. The van der Waals surface area contributed by atoms with E-state index in [1.807, 2.05) is 21.1 Å². The third kappa shape index (κ3) is 12.8. The quantitative estimate of drug-likeness (QED) is 0.488. The van der Waals surface area contributed by atoms with E-state index in [1.165, 1.54) is 0 Å². The van der Waals surface area contributed by atoms with Gasteiger partial charge in [-0.1, -0.05) is 7.43 Å². The molecule has 12 heavy (non-hydrogen) atoms. The predicted octanol–water partition coefficient (Wildman–Crippen LogP) is 0.528. The number of nitrogens with zero attached hydrogens (tertiary/aromatic N) is 1. The summed E-state index contributed by atoms with van der Waals surface area (Å²) >= 11 is 0. The zero-order chi connectivity index (χ0) is 9.12. The van der Waals surface area contributed by atoms with Crippen molar-refractivity contribution < 1.29 is 18.5 Å². The number of hydrogen-bond acceptors (Lipinski definition) is 3. The molecule has 0 saturated carbocycles. The Balaban J connectivity index is 0. The first kappa shape index (κ1) is 14.6. The van der Waals surface area contributed by atoms with Crippen molar-refractivity contribution >= 4 is 7.60 Å². The van der Waals surface area contributed by atoms with E-state index >= 15 is 0 Å². The molecule has 0 aromatic carbocycles. The maximum atomic E-state index is 10.5. The summed E-state index contributed by atoms with van der Waals surface area (Å²) in [5, 5.41) is 0. The van der Waals surface area contributed by atoms with Gasteiger partial charge < -0.3 is 18.5 Å². The molecule has 0 spiro atoms. The maximum absolute atomic E-state index is 10.5. The first-order chi connectivity index (χ1) is 4.71. The average molecular weight is 197 g/mol. The van der Waals surface area contributed by atoms with Crippen LogP contribution < -0.4 is 4.89 Å². The van der Waals surface area contributed by atoms with Crippen LogP contribution in [0.2, 0.25) is 0 Å². The molecule has 1 atom stereocenters. The van der Waals surface area contributed by atoms with Crippen LogP contribution in [0, 0.1) is 0 Å². The van der Waals surface area contributed by atoms with Crippen LogP contribution in [-0.4, -0.2) is 45.4 Å². The highest BCUT2D eigenvalue weighted by Crippen LogP contribution is 2.30. The number of quaternary nitrogens is 1. The minimum Gasteiger partial charge on any atom is -0.779 e. The topological polar surface area (TPSA) is 49.4 Å². The lowest BCUT2D eigenvalue weighted by Crippen LogP contribution is -2.37. The molecule has 0 radical (unpaired) electrons. The van der Waals surface area contributed by atoms with Crippen molar-refractivity contribution in [3.05, 3.63) is 0 Å². The predicted molar refractivity (Wildman–Crippen MR) is 49.1 cm³/mol. The molecule has 0 saturated heterocycles. The van der Waals surface area contributed by atoms with Crippen LogP contribution in [0.1, 0.15) is 7.43 Å². The van der Waals surface area contributed by atoms with Crippen molar-refractivity contribution in [3.8, 4) is 0 Å². The fourth-order valence-corrected chi connectivity index (χ4v) is 0.894. The zero-order valence-corrected chi connectivity index (χ0v) is 8.43. The first-order valence-electron chi connectivity index (χ1n) is 3.44. The smallest absolute Gasteiger partial charge is 0.132 e. The first-order valence-corrected chi connectivity index (χ1v) is 5.43. The SMILES string of the molecule is C.C[N+](C)(C)CCOP(C)(=O)[O-]. The lowest BCUT2D eigenvalue weighted by Gasteiger charge is -2.25. The van der Waals surface area contributed by atoms with Gasteiger partial charge in [0.25, 0.3) is 0 Å². The summed E-state index contributed by atoms with van der Waals surface area (Å²) in [6, 6.07) is 0.